The van der Waals surface area contributed by atoms with E-state index < -0.39 is 0 Å². The summed E-state index contributed by atoms with van der Waals surface area (Å²) in [5.74, 6) is -0.0296. The summed E-state index contributed by atoms with van der Waals surface area (Å²) >= 11 is 0. The summed E-state index contributed by atoms with van der Waals surface area (Å²) in [5.41, 5.74) is 0.0138. The van der Waals surface area contributed by atoms with E-state index in [1.54, 1.807) is 0 Å². The Morgan fingerprint density at radius 3 is 2.54 bits per heavy atom. The second-order valence-electron chi connectivity index (χ2n) is 5.51. The maximum Gasteiger partial charge on any atom is 0.306 e. The monoisotopic (exact) mass is 184 g/mol. The summed E-state index contributed by atoms with van der Waals surface area (Å²) in [6, 6.07) is 0. The zero-order chi connectivity index (χ0) is 10.1. The average Bonchev–Trinajstić information content (AvgIpc) is 1.79. The molecule has 1 saturated heterocycles. The van der Waals surface area contributed by atoms with Crippen LogP contribution in [0.15, 0.2) is 0 Å². The highest BCUT2D eigenvalue weighted by Crippen LogP contribution is 2.36. The highest BCUT2D eigenvalue weighted by molar-refractivity contribution is 5.70. The lowest BCUT2D eigenvalue weighted by Gasteiger charge is -2.38. The third-order valence-corrected chi connectivity index (χ3v) is 2.35. The number of carbonyl (C=O) groups excluding carboxylic acids is 1. The van der Waals surface area contributed by atoms with E-state index in [1.165, 1.54) is 0 Å². The molecule has 1 aliphatic rings. The molecule has 1 fully saturated rings. The van der Waals surface area contributed by atoms with E-state index in [0.717, 1.165) is 19.3 Å². The molecule has 1 rings (SSSR count). The predicted octanol–water partition coefficient (Wildman–Crippen LogP) is 2.91. The van der Waals surface area contributed by atoms with Gasteiger partial charge >= 0.3 is 5.97 Å². The van der Waals surface area contributed by atoms with Crippen molar-refractivity contribution in [2.75, 3.05) is 0 Å². The van der Waals surface area contributed by atoms with E-state index in [9.17, 15) is 4.79 Å². The highest BCUT2D eigenvalue weighted by Gasteiger charge is 2.36. The molecule has 0 N–H and O–H groups in total. The molecule has 1 aliphatic heterocycles. The Hall–Kier alpha value is -0.530. The van der Waals surface area contributed by atoms with E-state index in [2.05, 4.69) is 27.7 Å². The molecule has 0 aliphatic carbocycles. The topological polar surface area (TPSA) is 26.3 Å². The van der Waals surface area contributed by atoms with E-state index in [-0.39, 0.29) is 17.0 Å². The third-order valence-electron chi connectivity index (χ3n) is 2.35. The quantitative estimate of drug-likeness (QED) is 0.586. The fraction of sp³-hybridized carbons (Fsp3) is 0.909. The third kappa shape index (κ3) is 3.37. The Labute approximate surface area is 80.7 Å². The van der Waals surface area contributed by atoms with Gasteiger partial charge in [0.1, 0.15) is 5.60 Å². The lowest BCUT2D eigenvalue weighted by molar-refractivity contribution is -0.168. The summed E-state index contributed by atoms with van der Waals surface area (Å²) in [7, 11) is 0. The fourth-order valence-corrected chi connectivity index (χ4v) is 2.23. The number of carbonyl (C=O) groups is 1. The molecule has 0 amide bonds. The molecule has 2 nitrogen and oxygen atoms in total. The van der Waals surface area contributed by atoms with Crippen LogP contribution < -0.4 is 0 Å². The molecule has 0 aromatic heterocycles. The Bertz CT molecular complexity index is 203. The SMILES string of the molecule is CC(C)(C)CC1(C)CCCC(=O)O1. The summed E-state index contributed by atoms with van der Waals surface area (Å²) in [5, 5.41) is 0. The first-order valence-corrected chi connectivity index (χ1v) is 5.03. The van der Waals surface area contributed by atoms with Crippen molar-refractivity contribution in [2.24, 2.45) is 5.41 Å². The summed E-state index contributed by atoms with van der Waals surface area (Å²) in [6.07, 6.45) is 3.53. The number of rotatable bonds is 1. The minimum absolute atomic E-state index is 0.0296. The molecule has 0 aromatic carbocycles. The lowest BCUT2D eigenvalue weighted by Crippen LogP contribution is -2.38. The van der Waals surface area contributed by atoms with Crippen LogP contribution in [0.4, 0.5) is 0 Å². The van der Waals surface area contributed by atoms with Gasteiger partial charge in [-0.1, -0.05) is 20.8 Å². The van der Waals surface area contributed by atoms with Crippen LogP contribution in [0.1, 0.15) is 53.4 Å². The molecular formula is C11H20O2. The van der Waals surface area contributed by atoms with Gasteiger partial charge in [-0.3, -0.25) is 4.79 Å². The van der Waals surface area contributed by atoms with Crippen molar-refractivity contribution in [3.63, 3.8) is 0 Å². The molecule has 13 heavy (non-hydrogen) atoms. The van der Waals surface area contributed by atoms with E-state index in [4.69, 9.17) is 4.74 Å². The molecule has 0 saturated carbocycles. The first kappa shape index (κ1) is 10.6. The number of ether oxygens (including phenoxy) is 1. The van der Waals surface area contributed by atoms with Crippen LogP contribution >= 0.6 is 0 Å². The molecular weight excluding hydrogens is 164 g/mol. The van der Waals surface area contributed by atoms with Gasteiger partial charge in [0.15, 0.2) is 0 Å². The Morgan fingerprint density at radius 2 is 2.08 bits per heavy atom. The Balaban J connectivity index is 2.59. The van der Waals surface area contributed by atoms with Crippen LogP contribution in [-0.4, -0.2) is 11.6 Å². The van der Waals surface area contributed by atoms with Crippen LogP contribution in [0, 0.1) is 5.41 Å². The second kappa shape index (κ2) is 3.32. The molecule has 76 valence electrons. The van der Waals surface area contributed by atoms with Gasteiger partial charge in [0.05, 0.1) is 0 Å². The Kier molecular flexibility index (Phi) is 2.69. The Morgan fingerprint density at radius 1 is 1.46 bits per heavy atom. The standard InChI is InChI=1S/C11H20O2/c1-10(2,3)8-11(4)7-5-6-9(12)13-11/h5-8H2,1-4H3. The van der Waals surface area contributed by atoms with Gasteiger partial charge in [-0.05, 0) is 31.6 Å². The van der Waals surface area contributed by atoms with Crippen molar-refractivity contribution in [3.8, 4) is 0 Å². The van der Waals surface area contributed by atoms with E-state index in [1.807, 2.05) is 0 Å². The summed E-state index contributed by atoms with van der Waals surface area (Å²) in [6.45, 7) is 8.59. The first-order valence-electron chi connectivity index (χ1n) is 5.03. The number of hydrogen-bond donors (Lipinski definition) is 0. The molecule has 1 heterocycles. The maximum absolute atomic E-state index is 11.1. The molecule has 1 unspecified atom stereocenters. The summed E-state index contributed by atoms with van der Waals surface area (Å²) in [4.78, 5) is 11.1. The van der Waals surface area contributed by atoms with Crippen molar-refractivity contribution < 1.29 is 9.53 Å². The van der Waals surface area contributed by atoms with Crippen LogP contribution in [-0.2, 0) is 9.53 Å². The highest BCUT2D eigenvalue weighted by atomic mass is 16.6. The van der Waals surface area contributed by atoms with Crippen LogP contribution in [0.2, 0.25) is 0 Å². The van der Waals surface area contributed by atoms with Crippen molar-refractivity contribution in [1.82, 2.24) is 0 Å². The minimum atomic E-state index is -0.215. The van der Waals surface area contributed by atoms with Gasteiger partial charge in [-0.25, -0.2) is 0 Å². The lowest BCUT2D eigenvalue weighted by atomic mass is 9.79. The van der Waals surface area contributed by atoms with Gasteiger partial charge in [0.2, 0.25) is 0 Å². The summed E-state index contributed by atoms with van der Waals surface area (Å²) < 4.78 is 5.41. The minimum Gasteiger partial charge on any atom is -0.459 e. The molecule has 0 bridgehead atoms. The largest absolute Gasteiger partial charge is 0.459 e. The molecule has 0 spiro atoms. The molecule has 2 heteroatoms. The van der Waals surface area contributed by atoms with Gasteiger partial charge in [0, 0.05) is 6.42 Å². The number of hydrogen-bond acceptors (Lipinski definition) is 2. The predicted molar refractivity (Wildman–Crippen MR) is 52.4 cm³/mol. The second-order valence-corrected chi connectivity index (χ2v) is 5.51. The van der Waals surface area contributed by atoms with Crippen molar-refractivity contribution in [2.45, 2.75) is 59.0 Å². The van der Waals surface area contributed by atoms with Crippen LogP contribution in [0.5, 0.6) is 0 Å². The number of cyclic esters (lactones) is 1. The van der Waals surface area contributed by atoms with Crippen molar-refractivity contribution in [3.05, 3.63) is 0 Å². The fourth-order valence-electron chi connectivity index (χ4n) is 2.23. The van der Waals surface area contributed by atoms with E-state index >= 15 is 0 Å². The normalized spacial score (nSPS) is 30.0. The van der Waals surface area contributed by atoms with Gasteiger partial charge in [-0.15, -0.1) is 0 Å². The van der Waals surface area contributed by atoms with E-state index in [0.29, 0.717) is 6.42 Å². The zero-order valence-electron chi connectivity index (χ0n) is 9.14. The molecule has 0 aromatic rings. The first-order chi connectivity index (χ1) is 5.81. The maximum atomic E-state index is 11.1. The zero-order valence-corrected chi connectivity index (χ0v) is 9.14. The van der Waals surface area contributed by atoms with Gasteiger partial charge in [-0.2, -0.15) is 0 Å². The molecule has 0 radical (unpaired) electrons. The van der Waals surface area contributed by atoms with Crippen molar-refractivity contribution in [1.29, 1.82) is 0 Å². The smallest absolute Gasteiger partial charge is 0.306 e. The van der Waals surface area contributed by atoms with Crippen molar-refractivity contribution >= 4 is 5.97 Å². The average molecular weight is 184 g/mol. The number of esters is 1. The molecule has 1 atom stereocenters. The van der Waals surface area contributed by atoms with Gasteiger partial charge < -0.3 is 4.74 Å². The van der Waals surface area contributed by atoms with Crippen LogP contribution in [0.25, 0.3) is 0 Å². The van der Waals surface area contributed by atoms with Crippen LogP contribution in [0.3, 0.4) is 0 Å². The van der Waals surface area contributed by atoms with Gasteiger partial charge in [0.25, 0.3) is 0 Å².